The molecule has 2 N–H and O–H groups in total. The molecule has 1 unspecified atom stereocenters. The Labute approximate surface area is 159 Å². The molecule has 27 heavy (non-hydrogen) atoms. The minimum atomic E-state index is -0.181. The van der Waals surface area contributed by atoms with E-state index in [2.05, 4.69) is 10.6 Å². The number of carbonyl (C=O) groups excluding carboxylic acids is 2. The lowest BCUT2D eigenvalue weighted by atomic mass is 10.0. The van der Waals surface area contributed by atoms with E-state index in [-0.39, 0.29) is 17.9 Å². The molecule has 4 nitrogen and oxygen atoms in total. The number of hydrogen-bond acceptors (Lipinski definition) is 2. The van der Waals surface area contributed by atoms with Gasteiger partial charge in [-0.25, -0.2) is 0 Å². The fraction of sp³-hybridized carbons (Fsp3) is 0.130. The summed E-state index contributed by atoms with van der Waals surface area (Å²) in [5.41, 5.74) is 4.44. The summed E-state index contributed by atoms with van der Waals surface area (Å²) in [7, 11) is 0. The van der Waals surface area contributed by atoms with Crippen LogP contribution in [-0.2, 0) is 4.79 Å². The maximum Gasteiger partial charge on any atom is 0.251 e. The van der Waals surface area contributed by atoms with E-state index in [0.717, 1.165) is 16.7 Å². The highest BCUT2D eigenvalue weighted by molar-refractivity contribution is 5.95. The summed E-state index contributed by atoms with van der Waals surface area (Å²) in [5, 5.41) is 5.76. The molecule has 0 aliphatic carbocycles. The summed E-state index contributed by atoms with van der Waals surface area (Å²) >= 11 is 0. The van der Waals surface area contributed by atoms with Crippen LogP contribution in [0.5, 0.6) is 0 Å². The molecule has 1 atom stereocenters. The second-order valence-electron chi connectivity index (χ2n) is 6.45. The van der Waals surface area contributed by atoms with E-state index in [1.54, 1.807) is 0 Å². The molecule has 0 fully saturated rings. The van der Waals surface area contributed by atoms with E-state index in [4.69, 9.17) is 0 Å². The van der Waals surface area contributed by atoms with Gasteiger partial charge in [0.15, 0.2) is 0 Å². The molecule has 3 rings (SSSR count). The van der Waals surface area contributed by atoms with Crippen LogP contribution >= 0.6 is 0 Å². The molecule has 2 amide bonds. The maximum atomic E-state index is 12.6. The maximum absolute atomic E-state index is 12.6. The van der Waals surface area contributed by atoms with Gasteiger partial charge in [0.25, 0.3) is 5.91 Å². The number of nitrogens with one attached hydrogen (secondary N) is 2. The third-order valence-corrected chi connectivity index (χ3v) is 4.31. The van der Waals surface area contributed by atoms with Crippen molar-refractivity contribution >= 4 is 17.5 Å². The van der Waals surface area contributed by atoms with Gasteiger partial charge >= 0.3 is 0 Å². The van der Waals surface area contributed by atoms with E-state index in [1.807, 2.05) is 85.8 Å². The first-order valence-electron chi connectivity index (χ1n) is 8.87. The Morgan fingerprint density at radius 2 is 1.48 bits per heavy atom. The first-order valence-corrected chi connectivity index (χ1v) is 8.87. The zero-order valence-corrected chi connectivity index (χ0v) is 15.4. The molecule has 0 heterocycles. The second kappa shape index (κ2) is 8.32. The SMILES string of the molecule is CC(=O)Nc1cccc(C(C)NC(=O)c2ccc(-c3ccccc3)cc2)c1. The van der Waals surface area contributed by atoms with Crippen LogP contribution in [0.15, 0.2) is 78.9 Å². The molecule has 0 aliphatic heterocycles. The fourth-order valence-electron chi connectivity index (χ4n) is 2.90. The molecule has 0 aliphatic rings. The lowest BCUT2D eigenvalue weighted by molar-refractivity contribution is -0.114. The highest BCUT2D eigenvalue weighted by Crippen LogP contribution is 2.21. The highest BCUT2D eigenvalue weighted by atomic mass is 16.2. The van der Waals surface area contributed by atoms with Gasteiger partial charge < -0.3 is 10.6 Å². The van der Waals surface area contributed by atoms with Crippen LogP contribution in [0.1, 0.15) is 35.8 Å². The summed E-state index contributed by atoms with van der Waals surface area (Å²) in [4.78, 5) is 23.8. The zero-order chi connectivity index (χ0) is 19.2. The molecule has 0 saturated carbocycles. The average Bonchev–Trinajstić information content (AvgIpc) is 2.68. The van der Waals surface area contributed by atoms with Crippen molar-refractivity contribution in [2.24, 2.45) is 0 Å². The van der Waals surface area contributed by atoms with Crippen molar-refractivity contribution in [3.63, 3.8) is 0 Å². The van der Waals surface area contributed by atoms with E-state index in [1.165, 1.54) is 6.92 Å². The monoisotopic (exact) mass is 358 g/mol. The highest BCUT2D eigenvalue weighted by Gasteiger charge is 2.12. The number of anilines is 1. The van der Waals surface area contributed by atoms with Crippen LogP contribution in [0.2, 0.25) is 0 Å². The molecular weight excluding hydrogens is 336 g/mol. The van der Waals surface area contributed by atoms with Crippen LogP contribution in [0, 0.1) is 0 Å². The van der Waals surface area contributed by atoms with Crippen molar-refractivity contribution in [2.75, 3.05) is 5.32 Å². The van der Waals surface area contributed by atoms with Crippen molar-refractivity contribution in [2.45, 2.75) is 19.9 Å². The van der Waals surface area contributed by atoms with Crippen LogP contribution in [0.3, 0.4) is 0 Å². The summed E-state index contributed by atoms with van der Waals surface area (Å²) in [6.07, 6.45) is 0. The number of benzene rings is 3. The van der Waals surface area contributed by atoms with Gasteiger partial charge in [-0.15, -0.1) is 0 Å². The quantitative estimate of drug-likeness (QED) is 0.688. The van der Waals surface area contributed by atoms with E-state index < -0.39 is 0 Å². The molecular formula is C23H22N2O2. The van der Waals surface area contributed by atoms with Gasteiger partial charge in [0, 0.05) is 18.2 Å². The third kappa shape index (κ3) is 4.82. The molecule has 0 aromatic heterocycles. The first-order chi connectivity index (χ1) is 13.0. The number of carbonyl (C=O) groups is 2. The molecule has 0 bridgehead atoms. The van der Waals surface area contributed by atoms with Crippen LogP contribution < -0.4 is 10.6 Å². The van der Waals surface area contributed by atoms with Gasteiger partial charge in [0.2, 0.25) is 5.91 Å². The van der Waals surface area contributed by atoms with Gasteiger partial charge in [-0.2, -0.15) is 0 Å². The molecule has 3 aromatic carbocycles. The normalized spacial score (nSPS) is 11.5. The van der Waals surface area contributed by atoms with E-state index in [0.29, 0.717) is 11.3 Å². The van der Waals surface area contributed by atoms with E-state index >= 15 is 0 Å². The molecule has 136 valence electrons. The Bertz CT molecular complexity index is 934. The zero-order valence-electron chi connectivity index (χ0n) is 15.4. The Kier molecular flexibility index (Phi) is 5.67. The Hall–Kier alpha value is -3.40. The summed E-state index contributed by atoms with van der Waals surface area (Å²) in [6, 6.07) is 24.9. The third-order valence-electron chi connectivity index (χ3n) is 4.31. The first kappa shape index (κ1) is 18.4. The predicted octanol–water partition coefficient (Wildman–Crippen LogP) is 4.80. The average molecular weight is 358 g/mol. The van der Waals surface area contributed by atoms with Gasteiger partial charge in [0.05, 0.1) is 6.04 Å². The smallest absolute Gasteiger partial charge is 0.251 e. The summed E-state index contributed by atoms with van der Waals surface area (Å²) in [5.74, 6) is -0.255. The summed E-state index contributed by atoms with van der Waals surface area (Å²) in [6.45, 7) is 3.39. The Balaban J connectivity index is 1.69. The largest absolute Gasteiger partial charge is 0.346 e. The lowest BCUT2D eigenvalue weighted by Gasteiger charge is -2.16. The van der Waals surface area contributed by atoms with Crippen molar-refractivity contribution in [3.8, 4) is 11.1 Å². The van der Waals surface area contributed by atoms with Gasteiger partial charge in [-0.3, -0.25) is 9.59 Å². The molecule has 3 aromatic rings. The number of hydrogen-bond donors (Lipinski definition) is 2. The molecule has 4 heteroatoms. The van der Waals surface area contributed by atoms with Gasteiger partial charge in [-0.05, 0) is 47.9 Å². The van der Waals surface area contributed by atoms with Crippen molar-refractivity contribution in [1.29, 1.82) is 0 Å². The van der Waals surface area contributed by atoms with Crippen LogP contribution in [0.25, 0.3) is 11.1 Å². The number of amides is 2. The lowest BCUT2D eigenvalue weighted by Crippen LogP contribution is -2.26. The fourth-order valence-corrected chi connectivity index (χ4v) is 2.90. The van der Waals surface area contributed by atoms with E-state index in [9.17, 15) is 9.59 Å². The minimum Gasteiger partial charge on any atom is -0.346 e. The Morgan fingerprint density at radius 1 is 0.815 bits per heavy atom. The van der Waals surface area contributed by atoms with Crippen molar-refractivity contribution in [1.82, 2.24) is 5.32 Å². The molecule has 0 radical (unpaired) electrons. The van der Waals surface area contributed by atoms with Gasteiger partial charge in [-0.1, -0.05) is 54.6 Å². The van der Waals surface area contributed by atoms with Crippen molar-refractivity contribution < 1.29 is 9.59 Å². The standard InChI is InChI=1S/C23H22N2O2/c1-16(21-9-6-10-22(15-21)25-17(2)26)24-23(27)20-13-11-19(12-14-20)18-7-4-3-5-8-18/h3-16H,1-2H3,(H,24,27)(H,25,26). The second-order valence-corrected chi connectivity index (χ2v) is 6.45. The Morgan fingerprint density at radius 3 is 2.15 bits per heavy atom. The van der Waals surface area contributed by atoms with Gasteiger partial charge in [0.1, 0.15) is 0 Å². The topological polar surface area (TPSA) is 58.2 Å². The minimum absolute atomic E-state index is 0.123. The molecule has 0 saturated heterocycles. The predicted molar refractivity (Wildman–Crippen MR) is 109 cm³/mol. The van der Waals surface area contributed by atoms with Crippen LogP contribution in [0.4, 0.5) is 5.69 Å². The molecule has 0 spiro atoms. The van der Waals surface area contributed by atoms with Crippen LogP contribution in [-0.4, -0.2) is 11.8 Å². The number of rotatable bonds is 5. The van der Waals surface area contributed by atoms with Crippen molar-refractivity contribution in [3.05, 3.63) is 90.0 Å². The summed E-state index contributed by atoms with van der Waals surface area (Å²) < 4.78 is 0.